The van der Waals surface area contributed by atoms with E-state index in [-0.39, 0.29) is 11.8 Å². The van der Waals surface area contributed by atoms with E-state index in [2.05, 4.69) is 10.6 Å². The van der Waals surface area contributed by atoms with Crippen molar-refractivity contribution >= 4 is 17.6 Å². The van der Waals surface area contributed by atoms with Crippen LogP contribution in [0.1, 0.15) is 42.9 Å². The molecule has 3 rings (SSSR count). The van der Waals surface area contributed by atoms with Crippen LogP contribution in [-0.2, 0) is 16.0 Å². The Bertz CT molecular complexity index is 698. The third-order valence-corrected chi connectivity index (χ3v) is 4.91. The van der Waals surface area contributed by atoms with Gasteiger partial charge in [-0.05, 0) is 42.9 Å². The lowest BCUT2D eigenvalue weighted by molar-refractivity contribution is -0.134. The fourth-order valence-electron chi connectivity index (χ4n) is 3.35. The zero-order valence-electron chi connectivity index (χ0n) is 15.2. The number of hydrogen-bond acceptors (Lipinski definition) is 6. The number of carbonyl (C=O) groups is 2. The number of hydrogen-bond donors (Lipinski definition) is 6. The summed E-state index contributed by atoms with van der Waals surface area (Å²) in [5.74, 6) is -2.25. The fraction of sp³-hybridized carbons (Fsp3) is 0.474. The molecule has 0 spiro atoms. The highest BCUT2D eigenvalue weighted by atomic mass is 16.4. The van der Waals surface area contributed by atoms with Crippen molar-refractivity contribution in [2.24, 2.45) is 0 Å². The quantitative estimate of drug-likeness (QED) is 0.336. The summed E-state index contributed by atoms with van der Waals surface area (Å²) in [6, 6.07) is 4.25. The number of aliphatic hydroxyl groups excluding tert-OH is 1. The maximum Gasteiger partial charge on any atom is 0.328 e. The zero-order chi connectivity index (χ0) is 20.0. The van der Waals surface area contributed by atoms with Crippen LogP contribution in [0, 0.1) is 0 Å². The molecule has 1 aromatic rings. The lowest BCUT2D eigenvalue weighted by Crippen LogP contribution is -2.47. The topological polar surface area (TPSA) is 139 Å². The minimum absolute atomic E-state index is 0.145. The van der Waals surface area contributed by atoms with E-state index in [0.717, 1.165) is 29.7 Å². The number of nitrogens with one attached hydrogen (secondary N) is 2. The molecule has 2 aliphatic rings. The second-order valence-electron chi connectivity index (χ2n) is 6.67. The Labute approximate surface area is 157 Å². The molecule has 0 radical (unpaired) electrons. The lowest BCUT2D eigenvalue weighted by Gasteiger charge is -2.37. The molecule has 1 saturated carbocycles. The average molecular weight is 378 g/mol. The molecule has 0 unspecified atom stereocenters. The number of phenols is 1. The zero-order valence-corrected chi connectivity index (χ0v) is 15.2. The van der Waals surface area contributed by atoms with E-state index in [9.17, 15) is 19.8 Å². The molecular formula is C19H26N2O6. The van der Waals surface area contributed by atoms with Gasteiger partial charge in [-0.2, -0.15) is 0 Å². The van der Waals surface area contributed by atoms with Gasteiger partial charge < -0.3 is 31.1 Å². The maximum atomic E-state index is 10.5. The smallest absolute Gasteiger partial charge is 0.328 e. The number of fused-ring (bicyclic) bond motifs is 1. The van der Waals surface area contributed by atoms with E-state index < -0.39 is 18.0 Å². The van der Waals surface area contributed by atoms with Crippen LogP contribution >= 0.6 is 0 Å². The van der Waals surface area contributed by atoms with Gasteiger partial charge in [0.25, 0.3) is 0 Å². The van der Waals surface area contributed by atoms with Crippen LogP contribution in [0.25, 0.3) is 0 Å². The summed E-state index contributed by atoms with van der Waals surface area (Å²) < 4.78 is 0. The molecule has 1 fully saturated rings. The number of anilines is 1. The Balaban J connectivity index is 0.000000279. The summed E-state index contributed by atoms with van der Waals surface area (Å²) >= 11 is 0. The van der Waals surface area contributed by atoms with Crippen LogP contribution in [0.4, 0.5) is 5.69 Å². The summed E-state index contributed by atoms with van der Waals surface area (Å²) in [5, 5.41) is 42.6. The molecular weight excluding hydrogens is 352 g/mol. The van der Waals surface area contributed by atoms with E-state index in [1.165, 1.54) is 19.3 Å². The van der Waals surface area contributed by atoms with Gasteiger partial charge in [-0.25, -0.2) is 9.59 Å². The van der Waals surface area contributed by atoms with E-state index in [1.807, 2.05) is 6.07 Å². The standard InChI is InChI=1S/C15H22N2O2.C4H4O4/c1-16-14-10-5-7-12(17-9-3-2-4-9)15(19)11(10)6-8-13(14)18;5-3(6)1-2-4(7)8/h6,8-9,12,15-19H,2-5,7H2,1H3;1-2H,(H,5,6)(H,7,8)/b;2-1+/t12-,15-;/m1./s1. The molecule has 2 atom stereocenters. The van der Waals surface area contributed by atoms with Gasteiger partial charge in [-0.3, -0.25) is 0 Å². The van der Waals surface area contributed by atoms with Crippen molar-refractivity contribution in [3.63, 3.8) is 0 Å². The van der Waals surface area contributed by atoms with Gasteiger partial charge in [0, 0.05) is 31.3 Å². The number of phenolic OH excluding ortho intramolecular Hbond substituents is 1. The average Bonchev–Trinajstić information content (AvgIpc) is 2.58. The number of aromatic hydroxyl groups is 1. The molecule has 6 N–H and O–H groups in total. The Morgan fingerprint density at radius 2 is 1.74 bits per heavy atom. The molecule has 148 valence electrons. The Morgan fingerprint density at radius 1 is 1.11 bits per heavy atom. The van der Waals surface area contributed by atoms with Crippen molar-refractivity contribution in [3.8, 4) is 5.75 Å². The second-order valence-corrected chi connectivity index (χ2v) is 6.67. The summed E-state index contributed by atoms with van der Waals surface area (Å²) in [6.07, 6.45) is 6.21. The molecule has 1 aromatic carbocycles. The van der Waals surface area contributed by atoms with E-state index in [4.69, 9.17) is 10.2 Å². The number of aliphatic hydroxyl groups is 1. The summed E-state index contributed by atoms with van der Waals surface area (Å²) in [7, 11) is 1.81. The molecule has 8 heteroatoms. The molecule has 0 aromatic heterocycles. The molecule has 0 saturated heterocycles. The van der Waals surface area contributed by atoms with Crippen LogP contribution in [0.15, 0.2) is 24.3 Å². The minimum atomic E-state index is -1.26. The van der Waals surface area contributed by atoms with Crippen LogP contribution in [-0.4, -0.2) is 51.5 Å². The van der Waals surface area contributed by atoms with Gasteiger partial charge in [-0.15, -0.1) is 0 Å². The highest BCUT2D eigenvalue weighted by Gasteiger charge is 2.32. The van der Waals surface area contributed by atoms with Gasteiger partial charge in [0.15, 0.2) is 0 Å². The Morgan fingerprint density at radius 3 is 2.22 bits per heavy atom. The normalized spacial score (nSPS) is 21.6. The first-order valence-electron chi connectivity index (χ1n) is 8.94. The maximum absolute atomic E-state index is 10.5. The minimum Gasteiger partial charge on any atom is -0.506 e. The van der Waals surface area contributed by atoms with Crippen LogP contribution in [0.3, 0.4) is 0 Å². The number of carboxylic acid groups (broad SMARTS) is 2. The number of rotatable bonds is 5. The van der Waals surface area contributed by atoms with Gasteiger partial charge in [-0.1, -0.05) is 12.5 Å². The second kappa shape index (κ2) is 9.38. The van der Waals surface area contributed by atoms with Crippen molar-refractivity contribution in [1.29, 1.82) is 0 Å². The van der Waals surface area contributed by atoms with Crippen molar-refractivity contribution in [1.82, 2.24) is 5.32 Å². The van der Waals surface area contributed by atoms with E-state index in [1.54, 1.807) is 13.1 Å². The van der Waals surface area contributed by atoms with Crippen molar-refractivity contribution in [2.75, 3.05) is 12.4 Å². The Kier molecular flexibility index (Phi) is 7.20. The first-order chi connectivity index (χ1) is 12.8. The highest BCUT2D eigenvalue weighted by Crippen LogP contribution is 2.39. The predicted molar refractivity (Wildman–Crippen MR) is 99.9 cm³/mol. The lowest BCUT2D eigenvalue weighted by atomic mass is 9.83. The summed E-state index contributed by atoms with van der Waals surface area (Å²) in [5.41, 5.74) is 2.77. The van der Waals surface area contributed by atoms with Gasteiger partial charge >= 0.3 is 11.9 Å². The monoisotopic (exact) mass is 378 g/mol. The van der Waals surface area contributed by atoms with Gasteiger partial charge in [0.1, 0.15) is 5.75 Å². The first-order valence-corrected chi connectivity index (χ1v) is 8.94. The number of benzene rings is 1. The van der Waals surface area contributed by atoms with Crippen LogP contribution in [0.5, 0.6) is 5.75 Å². The third-order valence-electron chi connectivity index (χ3n) is 4.91. The van der Waals surface area contributed by atoms with E-state index >= 15 is 0 Å². The van der Waals surface area contributed by atoms with Gasteiger partial charge in [0.05, 0.1) is 11.8 Å². The SMILES string of the molecule is CNc1c(O)ccc2c1CC[C@@H](NC1CCC1)[C@@H]2O.O=C(O)/C=C/C(=O)O. The first kappa shape index (κ1) is 20.7. The molecule has 2 aliphatic carbocycles. The molecule has 8 nitrogen and oxygen atoms in total. The molecule has 0 amide bonds. The van der Waals surface area contributed by atoms with E-state index in [0.29, 0.717) is 18.2 Å². The number of carboxylic acids is 2. The summed E-state index contributed by atoms with van der Waals surface area (Å²) in [6.45, 7) is 0. The summed E-state index contributed by atoms with van der Waals surface area (Å²) in [4.78, 5) is 19.1. The third kappa shape index (κ3) is 5.45. The van der Waals surface area contributed by atoms with Crippen molar-refractivity contribution < 1.29 is 30.0 Å². The molecule has 0 heterocycles. The van der Waals surface area contributed by atoms with Crippen molar-refractivity contribution in [2.45, 2.75) is 50.3 Å². The number of aliphatic carboxylic acids is 2. The fourth-order valence-corrected chi connectivity index (χ4v) is 3.35. The van der Waals surface area contributed by atoms with Gasteiger partial charge in [0.2, 0.25) is 0 Å². The molecule has 0 bridgehead atoms. The van der Waals surface area contributed by atoms with Crippen LogP contribution in [0.2, 0.25) is 0 Å². The molecule has 0 aliphatic heterocycles. The predicted octanol–water partition coefficient (Wildman–Crippen LogP) is 1.64. The largest absolute Gasteiger partial charge is 0.506 e. The Hall–Kier alpha value is -2.58. The van der Waals surface area contributed by atoms with Crippen LogP contribution < -0.4 is 10.6 Å². The van der Waals surface area contributed by atoms with Crippen molar-refractivity contribution in [3.05, 3.63) is 35.4 Å². The molecule has 27 heavy (non-hydrogen) atoms. The highest BCUT2D eigenvalue weighted by molar-refractivity contribution is 5.89.